The summed E-state index contributed by atoms with van der Waals surface area (Å²) >= 11 is 8.45. The molecule has 0 aliphatic carbocycles. The first-order valence-electron chi connectivity index (χ1n) is 12.4. The summed E-state index contributed by atoms with van der Waals surface area (Å²) in [7, 11) is -3.08. The minimum atomic E-state index is -4.91. The molecule has 220 valence electrons. The highest BCUT2D eigenvalue weighted by Crippen LogP contribution is 2.45. The molecule has 0 N–H and O–H groups in total. The van der Waals surface area contributed by atoms with E-state index in [1.165, 1.54) is 30.6 Å². The highest BCUT2D eigenvalue weighted by atomic mass is 35.5. The molecule has 2 fully saturated rings. The van der Waals surface area contributed by atoms with Crippen molar-refractivity contribution in [3.63, 3.8) is 0 Å². The molecular formula is C25H24ClF3N4O5S3. The normalized spacial score (nSPS) is 20.2. The number of benzene rings is 1. The van der Waals surface area contributed by atoms with E-state index in [0.29, 0.717) is 27.2 Å². The number of carbonyl (C=O) groups excluding carboxylic acids is 2. The molecule has 1 aromatic carbocycles. The Hall–Kier alpha value is -2.59. The molecular weight excluding hydrogens is 625 g/mol. The summed E-state index contributed by atoms with van der Waals surface area (Å²) in [6.45, 7) is -0.804. The predicted molar refractivity (Wildman–Crippen MR) is 148 cm³/mol. The largest absolute Gasteiger partial charge is 0.496 e. The average Bonchev–Trinajstić information content (AvgIpc) is 3.73. The number of halogens is 4. The summed E-state index contributed by atoms with van der Waals surface area (Å²) in [6.07, 6.45) is -3.80. The molecule has 2 saturated heterocycles. The Morgan fingerprint density at radius 2 is 1.90 bits per heavy atom. The van der Waals surface area contributed by atoms with Gasteiger partial charge in [-0.1, -0.05) is 23.7 Å². The molecule has 2 aliphatic rings. The molecule has 9 nitrogen and oxygen atoms in total. The number of methoxy groups -OCH3 is 1. The topological polar surface area (TPSA) is 102 Å². The molecule has 2 aliphatic heterocycles. The van der Waals surface area contributed by atoms with Crippen molar-refractivity contribution in [2.24, 2.45) is 5.92 Å². The monoisotopic (exact) mass is 648 g/mol. The maximum Gasteiger partial charge on any atom is 0.394 e. The Labute approximate surface area is 247 Å². The Kier molecular flexibility index (Phi) is 8.45. The molecule has 4 heterocycles. The van der Waals surface area contributed by atoms with Gasteiger partial charge in [0.25, 0.3) is 5.91 Å². The number of ether oxygens (including phenoxy) is 1. The lowest BCUT2D eigenvalue weighted by atomic mass is 9.92. The van der Waals surface area contributed by atoms with Gasteiger partial charge >= 0.3 is 16.4 Å². The number of hydrogen-bond donors (Lipinski definition) is 0. The molecule has 0 bridgehead atoms. The summed E-state index contributed by atoms with van der Waals surface area (Å²) < 4.78 is 77.3. The first kappa shape index (κ1) is 29.9. The quantitative estimate of drug-likeness (QED) is 0.316. The van der Waals surface area contributed by atoms with Crippen LogP contribution in [0.1, 0.15) is 39.7 Å². The zero-order chi connectivity index (χ0) is 29.5. The van der Waals surface area contributed by atoms with Crippen LogP contribution in [-0.4, -0.2) is 71.5 Å². The van der Waals surface area contributed by atoms with E-state index in [1.807, 2.05) is 0 Å². The van der Waals surface area contributed by atoms with Crippen LogP contribution in [0.2, 0.25) is 4.34 Å². The minimum Gasteiger partial charge on any atom is -0.496 e. The summed E-state index contributed by atoms with van der Waals surface area (Å²) in [6, 6.07) is 11.0. The van der Waals surface area contributed by atoms with Crippen molar-refractivity contribution in [1.29, 1.82) is 0 Å². The van der Waals surface area contributed by atoms with Crippen molar-refractivity contribution in [1.82, 2.24) is 18.4 Å². The van der Waals surface area contributed by atoms with Crippen molar-refractivity contribution in [3.8, 4) is 5.75 Å². The van der Waals surface area contributed by atoms with Gasteiger partial charge in [0.05, 0.1) is 41.1 Å². The summed E-state index contributed by atoms with van der Waals surface area (Å²) in [5.74, 6) is -5.66. The number of para-hydroxylation sites is 1. The van der Waals surface area contributed by atoms with E-state index in [9.17, 15) is 31.2 Å². The van der Waals surface area contributed by atoms with E-state index in [4.69, 9.17) is 16.3 Å². The number of nitrogens with zero attached hydrogens (tertiary/aromatic N) is 4. The SMILES string of the molecule is COc1ccccc1C(=O)n1nc(C2C(=O)N(S(=O)(=O)N3CCCC3)CC2C(F)(F)F)cc1SCc1ccc(Cl)s1. The molecule has 2 aromatic heterocycles. The van der Waals surface area contributed by atoms with Gasteiger partial charge in [-0.3, -0.25) is 9.59 Å². The number of thiophene rings is 1. The number of aromatic nitrogens is 2. The van der Waals surface area contributed by atoms with Crippen LogP contribution in [0, 0.1) is 5.92 Å². The van der Waals surface area contributed by atoms with Crippen LogP contribution in [0.4, 0.5) is 13.2 Å². The standard InChI is InChI=1S/C25H24ClF3N4O5S3/c1-38-19-7-3-2-6-16(19)23(34)33-21(39-14-15-8-9-20(26)40-15)12-18(30-33)22-17(25(27,28)29)13-32(24(22)35)41(36,37)31-10-4-5-11-31/h2-3,6-9,12,17,22H,4-5,10-11,13-14H2,1H3. The summed E-state index contributed by atoms with van der Waals surface area (Å²) in [5, 5.41) is 4.38. The number of hydrogen-bond acceptors (Lipinski definition) is 8. The van der Waals surface area contributed by atoms with E-state index in [1.54, 1.807) is 30.3 Å². The third-order valence-electron chi connectivity index (χ3n) is 6.90. The van der Waals surface area contributed by atoms with Gasteiger partial charge < -0.3 is 4.74 Å². The third-order valence-corrected chi connectivity index (χ3v) is 11.3. The second-order valence-electron chi connectivity index (χ2n) is 9.43. The van der Waals surface area contributed by atoms with Crippen molar-refractivity contribution < 1.29 is 35.9 Å². The van der Waals surface area contributed by atoms with E-state index < -0.39 is 46.6 Å². The second-order valence-corrected chi connectivity index (χ2v) is 14.1. The highest BCUT2D eigenvalue weighted by molar-refractivity contribution is 7.98. The zero-order valence-electron chi connectivity index (χ0n) is 21.5. The summed E-state index contributed by atoms with van der Waals surface area (Å²) in [5.41, 5.74) is -0.236. The van der Waals surface area contributed by atoms with Gasteiger partial charge in [-0.05, 0) is 43.2 Å². The third kappa shape index (κ3) is 5.87. The van der Waals surface area contributed by atoms with Gasteiger partial charge in [0.15, 0.2) is 0 Å². The molecule has 2 atom stereocenters. The molecule has 1 amide bonds. The number of thioether (sulfide) groups is 1. The smallest absolute Gasteiger partial charge is 0.394 e. The second kappa shape index (κ2) is 11.6. The molecule has 0 radical (unpaired) electrons. The number of alkyl halides is 3. The maximum atomic E-state index is 14.3. The Morgan fingerprint density at radius 1 is 1.20 bits per heavy atom. The van der Waals surface area contributed by atoms with Crippen LogP contribution >= 0.6 is 34.7 Å². The van der Waals surface area contributed by atoms with Crippen LogP contribution < -0.4 is 4.74 Å². The number of amides is 1. The first-order chi connectivity index (χ1) is 19.4. The number of carbonyl (C=O) groups is 2. The predicted octanol–water partition coefficient (Wildman–Crippen LogP) is 5.03. The van der Waals surface area contributed by atoms with Gasteiger partial charge in [0.2, 0.25) is 5.91 Å². The minimum absolute atomic E-state index is 0.106. The fourth-order valence-corrected chi connectivity index (χ4v) is 8.70. The van der Waals surface area contributed by atoms with Crippen LogP contribution in [0.25, 0.3) is 0 Å². The van der Waals surface area contributed by atoms with Gasteiger partial charge in [0, 0.05) is 23.7 Å². The molecule has 2 unspecified atom stereocenters. The van der Waals surface area contributed by atoms with Crippen molar-refractivity contribution >= 4 is 56.7 Å². The Balaban J connectivity index is 1.56. The van der Waals surface area contributed by atoms with Crippen molar-refractivity contribution in [2.45, 2.75) is 35.7 Å². The van der Waals surface area contributed by atoms with Crippen LogP contribution in [0.3, 0.4) is 0 Å². The fourth-order valence-electron chi connectivity index (χ4n) is 4.88. The maximum absolute atomic E-state index is 14.3. The van der Waals surface area contributed by atoms with Crippen LogP contribution in [0.15, 0.2) is 47.5 Å². The van der Waals surface area contributed by atoms with Gasteiger partial charge in [-0.15, -0.1) is 23.1 Å². The lowest BCUT2D eigenvalue weighted by molar-refractivity contribution is -0.174. The van der Waals surface area contributed by atoms with Gasteiger partial charge in [0.1, 0.15) is 10.8 Å². The van der Waals surface area contributed by atoms with E-state index in [2.05, 4.69) is 5.10 Å². The van der Waals surface area contributed by atoms with Crippen LogP contribution in [-0.2, 0) is 20.8 Å². The lowest BCUT2D eigenvalue weighted by Crippen LogP contribution is -2.44. The number of rotatable bonds is 8. The molecule has 0 spiro atoms. The van der Waals surface area contributed by atoms with E-state index in [0.717, 1.165) is 25.6 Å². The molecule has 16 heteroatoms. The van der Waals surface area contributed by atoms with E-state index in [-0.39, 0.29) is 35.1 Å². The average molecular weight is 649 g/mol. The molecule has 0 saturated carbocycles. The van der Waals surface area contributed by atoms with Gasteiger partial charge in [-0.25, -0.2) is 4.31 Å². The van der Waals surface area contributed by atoms with Crippen LogP contribution in [0.5, 0.6) is 5.75 Å². The van der Waals surface area contributed by atoms with Gasteiger partial charge in [-0.2, -0.15) is 35.7 Å². The van der Waals surface area contributed by atoms with E-state index >= 15 is 0 Å². The fraction of sp³-hybridized carbons (Fsp3) is 0.400. The lowest BCUT2D eigenvalue weighted by Gasteiger charge is -2.23. The zero-order valence-corrected chi connectivity index (χ0v) is 24.7. The molecule has 3 aromatic rings. The highest BCUT2D eigenvalue weighted by Gasteiger charge is 2.59. The first-order valence-corrected chi connectivity index (χ1v) is 16.0. The Morgan fingerprint density at radius 3 is 2.54 bits per heavy atom. The van der Waals surface area contributed by atoms with Crippen molar-refractivity contribution in [2.75, 3.05) is 26.7 Å². The summed E-state index contributed by atoms with van der Waals surface area (Å²) in [4.78, 5) is 27.9. The molecule has 5 rings (SSSR count). The molecule has 41 heavy (non-hydrogen) atoms. The van der Waals surface area contributed by atoms with Crippen molar-refractivity contribution in [3.05, 3.63) is 62.9 Å². The Bertz CT molecular complexity index is 1570.